The highest BCUT2D eigenvalue weighted by Crippen LogP contribution is 2.14. The molecule has 2 atom stereocenters. The van der Waals surface area contributed by atoms with Crippen LogP contribution in [0.15, 0.2) is 54.6 Å². The summed E-state index contributed by atoms with van der Waals surface area (Å²) in [7, 11) is 0. The molecule has 0 spiro atoms. The molecule has 2 rings (SSSR count). The molecular formula is C18H22N2S. The predicted octanol–water partition coefficient (Wildman–Crippen LogP) is 4.28. The van der Waals surface area contributed by atoms with Gasteiger partial charge in [-0.05, 0) is 44.1 Å². The number of hydrogen-bond donors (Lipinski definition) is 2. The van der Waals surface area contributed by atoms with Crippen LogP contribution in [0.3, 0.4) is 0 Å². The Bertz CT molecular complexity index is 578. The molecule has 110 valence electrons. The highest BCUT2D eigenvalue weighted by Gasteiger charge is 2.10. The third-order valence-corrected chi connectivity index (χ3v) is 3.81. The Kier molecular flexibility index (Phi) is 5.34. The molecule has 2 unspecified atom stereocenters. The summed E-state index contributed by atoms with van der Waals surface area (Å²) in [5, 5.41) is 7.35. The molecule has 0 aliphatic rings. The summed E-state index contributed by atoms with van der Waals surface area (Å²) >= 11 is 5.41. The van der Waals surface area contributed by atoms with Crippen LogP contribution in [-0.2, 0) is 0 Å². The van der Waals surface area contributed by atoms with E-state index in [1.165, 1.54) is 16.7 Å². The molecular weight excluding hydrogens is 276 g/mol. The predicted molar refractivity (Wildman–Crippen MR) is 93.3 cm³/mol. The third-order valence-electron chi connectivity index (χ3n) is 3.57. The molecule has 2 aromatic rings. The van der Waals surface area contributed by atoms with Gasteiger partial charge in [0.15, 0.2) is 5.11 Å². The highest BCUT2D eigenvalue weighted by molar-refractivity contribution is 7.80. The fraction of sp³-hybridized carbons (Fsp3) is 0.278. The van der Waals surface area contributed by atoms with Crippen molar-refractivity contribution < 1.29 is 0 Å². The first-order chi connectivity index (χ1) is 10.1. The summed E-state index contributed by atoms with van der Waals surface area (Å²) in [4.78, 5) is 0. The fourth-order valence-corrected chi connectivity index (χ4v) is 2.55. The monoisotopic (exact) mass is 298 g/mol. The Hall–Kier alpha value is -1.87. The summed E-state index contributed by atoms with van der Waals surface area (Å²) in [5.41, 5.74) is 3.73. The van der Waals surface area contributed by atoms with E-state index in [-0.39, 0.29) is 12.1 Å². The van der Waals surface area contributed by atoms with Gasteiger partial charge in [0.2, 0.25) is 0 Å². The maximum atomic E-state index is 5.41. The summed E-state index contributed by atoms with van der Waals surface area (Å²) in [6.07, 6.45) is 0. The number of nitrogens with one attached hydrogen (secondary N) is 2. The van der Waals surface area contributed by atoms with Crippen molar-refractivity contribution in [3.8, 4) is 0 Å². The van der Waals surface area contributed by atoms with E-state index >= 15 is 0 Å². The zero-order chi connectivity index (χ0) is 15.2. The zero-order valence-electron chi connectivity index (χ0n) is 12.8. The van der Waals surface area contributed by atoms with E-state index in [0.717, 1.165) is 0 Å². The first-order valence-electron chi connectivity index (χ1n) is 7.25. The van der Waals surface area contributed by atoms with E-state index < -0.39 is 0 Å². The van der Waals surface area contributed by atoms with E-state index in [4.69, 9.17) is 12.2 Å². The largest absolute Gasteiger partial charge is 0.356 e. The van der Waals surface area contributed by atoms with Crippen molar-refractivity contribution in [3.63, 3.8) is 0 Å². The number of hydrogen-bond acceptors (Lipinski definition) is 1. The second-order valence-electron chi connectivity index (χ2n) is 5.38. The molecule has 0 bridgehead atoms. The van der Waals surface area contributed by atoms with Gasteiger partial charge in [-0.1, -0.05) is 60.2 Å². The van der Waals surface area contributed by atoms with Crippen LogP contribution < -0.4 is 10.6 Å². The van der Waals surface area contributed by atoms with Crippen molar-refractivity contribution in [2.45, 2.75) is 32.9 Å². The quantitative estimate of drug-likeness (QED) is 0.824. The second-order valence-corrected chi connectivity index (χ2v) is 5.79. The van der Waals surface area contributed by atoms with Crippen LogP contribution in [0.25, 0.3) is 0 Å². The minimum Gasteiger partial charge on any atom is -0.356 e. The second kappa shape index (κ2) is 7.23. The van der Waals surface area contributed by atoms with Crippen LogP contribution in [0.1, 0.15) is 42.6 Å². The van der Waals surface area contributed by atoms with E-state index in [1.54, 1.807) is 0 Å². The molecule has 0 saturated heterocycles. The van der Waals surface area contributed by atoms with Gasteiger partial charge in [-0.2, -0.15) is 0 Å². The lowest BCUT2D eigenvalue weighted by molar-refractivity contribution is 0.656. The summed E-state index contributed by atoms with van der Waals surface area (Å²) < 4.78 is 0. The van der Waals surface area contributed by atoms with Gasteiger partial charge in [-0.3, -0.25) is 0 Å². The van der Waals surface area contributed by atoms with Crippen LogP contribution in [-0.4, -0.2) is 5.11 Å². The van der Waals surface area contributed by atoms with Crippen LogP contribution in [0, 0.1) is 6.92 Å². The van der Waals surface area contributed by atoms with Gasteiger partial charge in [-0.15, -0.1) is 0 Å². The maximum absolute atomic E-state index is 5.41. The van der Waals surface area contributed by atoms with Gasteiger partial charge in [0, 0.05) is 0 Å². The number of thiocarbonyl (C=S) groups is 1. The summed E-state index contributed by atoms with van der Waals surface area (Å²) in [5.74, 6) is 0. The SMILES string of the molecule is Cc1ccc(C(C)NC(=S)NC(C)c2ccccc2)cc1. The molecule has 3 heteroatoms. The number of benzene rings is 2. The van der Waals surface area contributed by atoms with Crippen LogP contribution >= 0.6 is 12.2 Å². The van der Waals surface area contributed by atoms with E-state index in [1.807, 2.05) is 18.2 Å². The van der Waals surface area contributed by atoms with Crippen molar-refractivity contribution >= 4 is 17.3 Å². The molecule has 0 aromatic heterocycles. The van der Waals surface area contributed by atoms with E-state index in [9.17, 15) is 0 Å². The summed E-state index contributed by atoms with van der Waals surface area (Å²) in [6.45, 7) is 6.32. The third kappa shape index (κ3) is 4.57. The van der Waals surface area contributed by atoms with E-state index in [0.29, 0.717) is 5.11 Å². The smallest absolute Gasteiger partial charge is 0.167 e. The molecule has 2 nitrogen and oxygen atoms in total. The molecule has 0 radical (unpaired) electrons. The Morgan fingerprint density at radius 2 is 1.29 bits per heavy atom. The van der Waals surface area contributed by atoms with Crippen molar-refractivity contribution in [2.24, 2.45) is 0 Å². The van der Waals surface area contributed by atoms with Crippen molar-refractivity contribution in [2.75, 3.05) is 0 Å². The fourth-order valence-electron chi connectivity index (χ4n) is 2.20. The van der Waals surface area contributed by atoms with Crippen molar-refractivity contribution in [3.05, 3.63) is 71.3 Å². The first kappa shape index (κ1) is 15.5. The Morgan fingerprint density at radius 1 is 0.810 bits per heavy atom. The molecule has 0 amide bonds. The average Bonchev–Trinajstić information content (AvgIpc) is 2.48. The van der Waals surface area contributed by atoms with Gasteiger partial charge in [-0.25, -0.2) is 0 Å². The van der Waals surface area contributed by atoms with Gasteiger partial charge < -0.3 is 10.6 Å². The molecule has 0 aliphatic carbocycles. The molecule has 0 heterocycles. The lowest BCUT2D eigenvalue weighted by Gasteiger charge is -2.21. The molecule has 0 aliphatic heterocycles. The average molecular weight is 298 g/mol. The van der Waals surface area contributed by atoms with Gasteiger partial charge in [0.1, 0.15) is 0 Å². The molecule has 0 fully saturated rings. The Morgan fingerprint density at radius 3 is 1.81 bits per heavy atom. The number of aryl methyl sites for hydroxylation is 1. The van der Waals surface area contributed by atoms with E-state index in [2.05, 4.69) is 67.8 Å². The molecule has 2 aromatic carbocycles. The summed E-state index contributed by atoms with van der Waals surface area (Å²) in [6, 6.07) is 19.2. The minimum atomic E-state index is 0.188. The Balaban J connectivity index is 1.91. The van der Waals surface area contributed by atoms with Crippen molar-refractivity contribution in [1.82, 2.24) is 10.6 Å². The zero-order valence-corrected chi connectivity index (χ0v) is 13.6. The molecule has 2 N–H and O–H groups in total. The van der Waals surface area contributed by atoms with Gasteiger partial charge in [0.25, 0.3) is 0 Å². The number of rotatable bonds is 4. The van der Waals surface area contributed by atoms with Gasteiger partial charge in [0.05, 0.1) is 12.1 Å². The maximum Gasteiger partial charge on any atom is 0.167 e. The van der Waals surface area contributed by atoms with Gasteiger partial charge >= 0.3 is 0 Å². The van der Waals surface area contributed by atoms with Crippen LogP contribution in [0.2, 0.25) is 0 Å². The van der Waals surface area contributed by atoms with Crippen LogP contribution in [0.5, 0.6) is 0 Å². The Labute approximate surface area is 132 Å². The molecule has 21 heavy (non-hydrogen) atoms. The highest BCUT2D eigenvalue weighted by atomic mass is 32.1. The standard InChI is InChI=1S/C18H22N2S/c1-13-9-11-17(12-10-13)15(3)20-18(21)19-14(2)16-7-5-4-6-8-16/h4-12,14-15H,1-3H3,(H2,19,20,21). The normalized spacial score (nSPS) is 13.3. The van der Waals surface area contributed by atoms with Crippen LogP contribution in [0.4, 0.5) is 0 Å². The lowest BCUT2D eigenvalue weighted by Crippen LogP contribution is -2.38. The molecule has 0 saturated carbocycles. The minimum absolute atomic E-state index is 0.188. The first-order valence-corrected chi connectivity index (χ1v) is 7.65. The van der Waals surface area contributed by atoms with Crippen molar-refractivity contribution in [1.29, 1.82) is 0 Å². The lowest BCUT2D eigenvalue weighted by atomic mass is 10.1. The topological polar surface area (TPSA) is 24.1 Å².